The number of benzene rings is 2. The lowest BCUT2D eigenvalue weighted by molar-refractivity contribution is -0.115. The minimum absolute atomic E-state index is 0.0817. The molecule has 0 saturated heterocycles. The first-order valence-electron chi connectivity index (χ1n) is 9.68. The quantitative estimate of drug-likeness (QED) is 0.378. The number of rotatable bonds is 10. The Morgan fingerprint density at radius 2 is 2.00 bits per heavy atom. The van der Waals surface area contributed by atoms with Crippen molar-refractivity contribution in [3.63, 3.8) is 0 Å². The molecule has 0 bridgehead atoms. The number of nitrogens with zero attached hydrogens (tertiary/aromatic N) is 1. The van der Waals surface area contributed by atoms with Gasteiger partial charge in [-0.2, -0.15) is 0 Å². The molecule has 0 aliphatic carbocycles. The molecule has 0 spiro atoms. The number of aromatic nitrogens is 1. The van der Waals surface area contributed by atoms with Gasteiger partial charge in [0.2, 0.25) is 5.91 Å². The van der Waals surface area contributed by atoms with E-state index >= 15 is 0 Å². The highest BCUT2D eigenvalue weighted by molar-refractivity contribution is 7.13. The third kappa shape index (κ3) is 7.11. The number of hydrogen-bond donors (Lipinski definition) is 4. The van der Waals surface area contributed by atoms with E-state index in [-0.39, 0.29) is 11.9 Å². The summed E-state index contributed by atoms with van der Waals surface area (Å²) in [4.78, 5) is 16.1. The molecule has 1 aromatic heterocycles. The van der Waals surface area contributed by atoms with Gasteiger partial charge in [0.25, 0.3) is 0 Å². The van der Waals surface area contributed by atoms with Crippen molar-refractivity contribution in [1.29, 1.82) is 0 Å². The van der Waals surface area contributed by atoms with Crippen LogP contribution in [0, 0.1) is 0 Å². The summed E-state index contributed by atoms with van der Waals surface area (Å²) in [6, 6.07) is 15.2. The smallest absolute Gasteiger partial charge is 0.230 e. The maximum Gasteiger partial charge on any atom is 0.230 e. The van der Waals surface area contributed by atoms with E-state index in [4.69, 9.17) is 11.6 Å². The van der Waals surface area contributed by atoms with Crippen LogP contribution in [0.15, 0.2) is 60.1 Å². The molecule has 2 atom stereocenters. The fourth-order valence-electron chi connectivity index (χ4n) is 2.86. The number of hydrogen-bond acceptors (Lipinski definition) is 6. The molecule has 1 amide bonds. The van der Waals surface area contributed by atoms with E-state index in [1.165, 1.54) is 11.3 Å². The monoisotopic (exact) mass is 444 g/mol. The highest BCUT2D eigenvalue weighted by atomic mass is 35.5. The molecule has 0 fully saturated rings. The van der Waals surface area contributed by atoms with Crippen LogP contribution >= 0.6 is 22.9 Å². The number of aliphatic hydroxyl groups excluding tert-OH is 1. The zero-order chi connectivity index (χ0) is 21.3. The van der Waals surface area contributed by atoms with Crippen LogP contribution in [0.3, 0.4) is 0 Å². The van der Waals surface area contributed by atoms with Crippen LogP contribution < -0.4 is 16.0 Å². The van der Waals surface area contributed by atoms with Gasteiger partial charge in [0.1, 0.15) is 0 Å². The predicted molar refractivity (Wildman–Crippen MR) is 123 cm³/mol. The molecule has 158 valence electrons. The molecular weight excluding hydrogens is 420 g/mol. The fourth-order valence-corrected chi connectivity index (χ4v) is 3.61. The maximum atomic E-state index is 12.0. The van der Waals surface area contributed by atoms with Crippen LogP contribution in [0.2, 0.25) is 5.02 Å². The number of carbonyl (C=O) groups excluding carboxylic acids is 1. The van der Waals surface area contributed by atoms with E-state index in [1.54, 1.807) is 18.3 Å². The van der Waals surface area contributed by atoms with Crippen LogP contribution in [0.4, 0.5) is 10.8 Å². The van der Waals surface area contributed by atoms with Crippen molar-refractivity contribution in [3.05, 3.63) is 76.3 Å². The van der Waals surface area contributed by atoms with Crippen molar-refractivity contribution in [3.8, 4) is 0 Å². The number of aliphatic hydroxyl groups is 1. The van der Waals surface area contributed by atoms with Crippen LogP contribution in [0.1, 0.15) is 24.2 Å². The van der Waals surface area contributed by atoms with Gasteiger partial charge < -0.3 is 21.1 Å². The van der Waals surface area contributed by atoms with Crippen molar-refractivity contribution >= 4 is 39.7 Å². The van der Waals surface area contributed by atoms with E-state index in [0.717, 1.165) is 16.8 Å². The Hall–Kier alpha value is -2.45. The zero-order valence-electron chi connectivity index (χ0n) is 16.6. The van der Waals surface area contributed by atoms with Crippen LogP contribution in [0.25, 0.3) is 0 Å². The average molecular weight is 445 g/mol. The van der Waals surface area contributed by atoms with Crippen molar-refractivity contribution < 1.29 is 9.90 Å². The predicted octanol–water partition coefficient (Wildman–Crippen LogP) is 4.10. The summed E-state index contributed by atoms with van der Waals surface area (Å²) in [5.41, 5.74) is 2.71. The summed E-state index contributed by atoms with van der Waals surface area (Å²) in [7, 11) is 0. The number of halogens is 1. The van der Waals surface area contributed by atoms with Gasteiger partial charge in [-0.3, -0.25) is 4.79 Å². The summed E-state index contributed by atoms with van der Waals surface area (Å²) in [5, 5.41) is 22.8. The molecule has 30 heavy (non-hydrogen) atoms. The molecule has 0 saturated carbocycles. The van der Waals surface area contributed by atoms with E-state index < -0.39 is 6.10 Å². The normalized spacial score (nSPS) is 12.9. The molecular formula is C22H25ClN4O2S. The SMILES string of the molecule is C[C@H](CNc1ccc(CC(=O)Nc2nccs2)cc1)NC[C@H](O)c1cccc(Cl)c1. The number of nitrogens with one attached hydrogen (secondary N) is 3. The van der Waals surface area contributed by atoms with Gasteiger partial charge >= 0.3 is 0 Å². The minimum atomic E-state index is -0.610. The largest absolute Gasteiger partial charge is 0.387 e. The van der Waals surface area contributed by atoms with Crippen molar-refractivity contribution in [2.75, 3.05) is 23.7 Å². The first kappa shape index (κ1) is 22.2. The van der Waals surface area contributed by atoms with Crippen molar-refractivity contribution in [2.24, 2.45) is 0 Å². The van der Waals surface area contributed by atoms with E-state index in [0.29, 0.717) is 29.7 Å². The topological polar surface area (TPSA) is 86.3 Å². The Kier molecular flexibility index (Phi) is 8.21. The second kappa shape index (κ2) is 11.1. The Balaban J connectivity index is 1.39. The molecule has 6 nitrogen and oxygen atoms in total. The molecule has 3 rings (SSSR count). The third-order valence-corrected chi connectivity index (χ3v) is 5.43. The summed E-state index contributed by atoms with van der Waals surface area (Å²) in [6.45, 7) is 3.19. The standard InChI is InChI=1S/C22H25ClN4O2S/c1-15(25-14-20(28)17-3-2-4-18(23)12-17)13-26-19-7-5-16(6-8-19)11-21(29)27-22-24-9-10-30-22/h2-10,12,15,20,25-26,28H,11,13-14H2,1H3,(H,24,27,29)/t15-,20+/m1/s1. The molecule has 0 unspecified atom stereocenters. The lowest BCUT2D eigenvalue weighted by atomic mass is 10.1. The molecule has 3 aromatic rings. The highest BCUT2D eigenvalue weighted by Gasteiger charge is 2.10. The maximum absolute atomic E-state index is 12.0. The summed E-state index contributed by atoms with van der Waals surface area (Å²) < 4.78 is 0. The Morgan fingerprint density at radius 1 is 1.20 bits per heavy atom. The van der Waals surface area contributed by atoms with Gasteiger partial charge in [0.15, 0.2) is 5.13 Å². The molecule has 0 aliphatic heterocycles. The lowest BCUT2D eigenvalue weighted by Gasteiger charge is -2.18. The van der Waals surface area contributed by atoms with Crippen LogP contribution in [0.5, 0.6) is 0 Å². The van der Waals surface area contributed by atoms with Crippen molar-refractivity contribution in [1.82, 2.24) is 10.3 Å². The average Bonchev–Trinajstić information content (AvgIpc) is 3.24. The van der Waals surface area contributed by atoms with Gasteiger partial charge in [-0.1, -0.05) is 35.9 Å². The summed E-state index contributed by atoms with van der Waals surface area (Å²) >= 11 is 7.37. The third-order valence-electron chi connectivity index (χ3n) is 4.50. The first-order valence-corrected chi connectivity index (χ1v) is 10.9. The molecule has 0 radical (unpaired) electrons. The van der Waals surface area contributed by atoms with Crippen LogP contribution in [-0.4, -0.2) is 35.1 Å². The first-order chi connectivity index (χ1) is 14.5. The van der Waals surface area contributed by atoms with Gasteiger partial charge in [-0.25, -0.2) is 4.98 Å². The van der Waals surface area contributed by atoms with Crippen molar-refractivity contribution in [2.45, 2.75) is 25.5 Å². The van der Waals surface area contributed by atoms with Gasteiger partial charge in [0.05, 0.1) is 12.5 Å². The fraction of sp³-hybridized carbons (Fsp3) is 0.273. The lowest BCUT2D eigenvalue weighted by Crippen LogP contribution is -2.35. The Labute approximate surface area is 185 Å². The summed E-state index contributed by atoms with van der Waals surface area (Å²) in [5.74, 6) is -0.0817. The highest BCUT2D eigenvalue weighted by Crippen LogP contribution is 2.17. The minimum Gasteiger partial charge on any atom is -0.387 e. The molecule has 8 heteroatoms. The number of thiazole rings is 1. The zero-order valence-corrected chi connectivity index (χ0v) is 18.2. The number of carbonyl (C=O) groups is 1. The molecule has 0 aliphatic rings. The number of anilines is 2. The van der Waals surface area contributed by atoms with E-state index in [9.17, 15) is 9.90 Å². The second-order valence-corrected chi connectivity index (χ2v) is 8.35. The molecule has 2 aromatic carbocycles. The molecule has 4 N–H and O–H groups in total. The Bertz CT molecular complexity index is 935. The second-order valence-electron chi connectivity index (χ2n) is 7.02. The van der Waals surface area contributed by atoms with Crippen LogP contribution in [-0.2, 0) is 11.2 Å². The number of amides is 1. The van der Waals surface area contributed by atoms with Gasteiger partial charge in [-0.15, -0.1) is 11.3 Å². The summed E-state index contributed by atoms with van der Waals surface area (Å²) in [6.07, 6.45) is 1.36. The van der Waals surface area contributed by atoms with E-state index in [2.05, 4.69) is 27.9 Å². The van der Waals surface area contributed by atoms with Gasteiger partial charge in [-0.05, 0) is 42.3 Å². The van der Waals surface area contributed by atoms with Gasteiger partial charge in [0, 0.05) is 41.4 Å². The van der Waals surface area contributed by atoms with E-state index in [1.807, 2.05) is 41.8 Å². The Morgan fingerprint density at radius 3 is 2.70 bits per heavy atom. The molecule has 1 heterocycles.